The zero-order valence-electron chi connectivity index (χ0n) is 8.98. The Morgan fingerprint density at radius 1 is 1.53 bits per heavy atom. The van der Waals surface area contributed by atoms with Crippen molar-refractivity contribution in [2.24, 2.45) is 5.73 Å². The number of carbonyl (C=O) groups is 1. The van der Waals surface area contributed by atoms with Gasteiger partial charge in [0.15, 0.2) is 11.5 Å². The van der Waals surface area contributed by atoms with E-state index in [-0.39, 0.29) is 13.2 Å². The van der Waals surface area contributed by atoms with Crippen LogP contribution in [0.4, 0.5) is 4.39 Å². The first-order chi connectivity index (χ1) is 8.11. The molecule has 0 saturated carbocycles. The SMILES string of the molecule is NC(CC(=O)O)c1cc(CF)cc2c1OCO2. The Kier molecular flexibility index (Phi) is 3.14. The van der Waals surface area contributed by atoms with E-state index in [0.717, 1.165) is 0 Å². The van der Waals surface area contributed by atoms with Crippen LogP contribution in [0.25, 0.3) is 0 Å². The van der Waals surface area contributed by atoms with Crippen molar-refractivity contribution >= 4 is 5.97 Å². The summed E-state index contributed by atoms with van der Waals surface area (Å²) in [6, 6.07) is 2.30. The molecular weight excluding hydrogens is 229 g/mol. The summed E-state index contributed by atoms with van der Waals surface area (Å²) in [4.78, 5) is 10.6. The van der Waals surface area contributed by atoms with Crippen LogP contribution in [0.5, 0.6) is 11.5 Å². The van der Waals surface area contributed by atoms with Gasteiger partial charge in [0, 0.05) is 11.6 Å². The maximum absolute atomic E-state index is 12.6. The molecule has 0 radical (unpaired) electrons. The first-order valence-electron chi connectivity index (χ1n) is 5.07. The number of halogens is 1. The van der Waals surface area contributed by atoms with Gasteiger partial charge in [-0.2, -0.15) is 0 Å². The fourth-order valence-corrected chi connectivity index (χ4v) is 1.75. The van der Waals surface area contributed by atoms with Crippen LogP contribution in [0.15, 0.2) is 12.1 Å². The third-order valence-corrected chi connectivity index (χ3v) is 2.51. The van der Waals surface area contributed by atoms with Crippen molar-refractivity contribution in [2.45, 2.75) is 19.1 Å². The highest BCUT2D eigenvalue weighted by atomic mass is 19.1. The first kappa shape index (κ1) is 11.7. The Morgan fingerprint density at radius 2 is 2.29 bits per heavy atom. The number of hydrogen-bond acceptors (Lipinski definition) is 4. The van der Waals surface area contributed by atoms with Crippen LogP contribution >= 0.6 is 0 Å². The number of benzene rings is 1. The normalized spacial score (nSPS) is 14.7. The molecule has 1 unspecified atom stereocenters. The van der Waals surface area contributed by atoms with E-state index < -0.39 is 18.7 Å². The fourth-order valence-electron chi connectivity index (χ4n) is 1.75. The molecule has 3 N–H and O–H groups in total. The van der Waals surface area contributed by atoms with E-state index in [4.69, 9.17) is 20.3 Å². The summed E-state index contributed by atoms with van der Waals surface area (Å²) in [6.45, 7) is -0.624. The van der Waals surface area contributed by atoms with E-state index in [1.54, 1.807) is 0 Å². The second-order valence-electron chi connectivity index (χ2n) is 3.76. The lowest BCUT2D eigenvalue weighted by Gasteiger charge is -2.13. The van der Waals surface area contributed by atoms with Gasteiger partial charge in [0.1, 0.15) is 6.67 Å². The van der Waals surface area contributed by atoms with Crippen molar-refractivity contribution in [2.75, 3.05) is 6.79 Å². The van der Waals surface area contributed by atoms with Gasteiger partial charge in [-0.05, 0) is 17.7 Å². The van der Waals surface area contributed by atoms with Crippen LogP contribution in [-0.2, 0) is 11.5 Å². The summed E-state index contributed by atoms with van der Waals surface area (Å²) in [7, 11) is 0. The summed E-state index contributed by atoms with van der Waals surface area (Å²) >= 11 is 0. The van der Waals surface area contributed by atoms with Crippen molar-refractivity contribution in [3.8, 4) is 11.5 Å². The van der Waals surface area contributed by atoms with E-state index in [1.165, 1.54) is 12.1 Å². The van der Waals surface area contributed by atoms with Crippen LogP contribution < -0.4 is 15.2 Å². The summed E-state index contributed by atoms with van der Waals surface area (Å²) in [5, 5.41) is 8.69. The lowest BCUT2D eigenvalue weighted by molar-refractivity contribution is -0.137. The molecule has 1 aliphatic heterocycles. The third kappa shape index (κ3) is 2.31. The minimum atomic E-state index is -1.02. The van der Waals surface area contributed by atoms with E-state index in [2.05, 4.69) is 0 Å². The van der Waals surface area contributed by atoms with Gasteiger partial charge >= 0.3 is 5.97 Å². The van der Waals surface area contributed by atoms with Gasteiger partial charge in [0.25, 0.3) is 0 Å². The van der Waals surface area contributed by atoms with E-state index in [0.29, 0.717) is 22.6 Å². The zero-order valence-corrected chi connectivity index (χ0v) is 8.98. The largest absolute Gasteiger partial charge is 0.481 e. The second-order valence-corrected chi connectivity index (χ2v) is 3.76. The van der Waals surface area contributed by atoms with Crippen molar-refractivity contribution in [3.63, 3.8) is 0 Å². The number of fused-ring (bicyclic) bond motifs is 1. The number of rotatable bonds is 4. The van der Waals surface area contributed by atoms with Crippen molar-refractivity contribution < 1.29 is 23.8 Å². The first-order valence-corrected chi connectivity index (χ1v) is 5.07. The molecule has 0 bridgehead atoms. The van der Waals surface area contributed by atoms with Gasteiger partial charge in [0.05, 0.1) is 6.42 Å². The van der Waals surface area contributed by atoms with Crippen molar-refractivity contribution in [1.82, 2.24) is 0 Å². The lowest BCUT2D eigenvalue weighted by Crippen LogP contribution is -2.15. The number of hydrogen-bond donors (Lipinski definition) is 2. The van der Waals surface area contributed by atoms with Gasteiger partial charge in [-0.15, -0.1) is 0 Å². The molecule has 6 heteroatoms. The minimum absolute atomic E-state index is 0.0395. The highest BCUT2D eigenvalue weighted by molar-refractivity contribution is 5.68. The Hall–Kier alpha value is -1.82. The number of carboxylic acids is 1. The summed E-state index contributed by atoms with van der Waals surface area (Å²) in [5.41, 5.74) is 6.61. The maximum Gasteiger partial charge on any atom is 0.305 e. The molecule has 5 nitrogen and oxygen atoms in total. The summed E-state index contributed by atoms with van der Waals surface area (Å²) in [5.74, 6) is -0.192. The highest BCUT2D eigenvalue weighted by Gasteiger charge is 2.24. The molecule has 0 saturated heterocycles. The summed E-state index contributed by atoms with van der Waals surface area (Å²) < 4.78 is 23.0. The lowest BCUT2D eigenvalue weighted by atomic mass is 10.0. The molecule has 0 aromatic heterocycles. The molecule has 0 fully saturated rings. The molecule has 1 atom stereocenters. The number of carboxylic acid groups (broad SMARTS) is 1. The predicted octanol–water partition coefficient (Wildman–Crippen LogP) is 1.36. The Balaban J connectivity index is 2.38. The standard InChI is InChI=1S/C11H12FNO4/c12-4-6-1-7(8(13)3-10(14)15)11-9(2-6)16-5-17-11/h1-2,8H,3-5,13H2,(H,14,15). The number of aliphatic carboxylic acids is 1. The van der Waals surface area contributed by atoms with E-state index in [1.807, 2.05) is 0 Å². The van der Waals surface area contributed by atoms with Gasteiger partial charge in [-0.25, -0.2) is 4.39 Å². The van der Waals surface area contributed by atoms with Crippen LogP contribution in [-0.4, -0.2) is 17.9 Å². The number of ether oxygens (including phenoxy) is 2. The molecule has 0 aliphatic carbocycles. The molecule has 2 rings (SSSR count). The topological polar surface area (TPSA) is 81.8 Å². The van der Waals surface area contributed by atoms with Crippen LogP contribution in [0, 0.1) is 0 Å². The highest BCUT2D eigenvalue weighted by Crippen LogP contribution is 2.40. The molecule has 1 aromatic rings. The summed E-state index contributed by atoms with van der Waals surface area (Å²) in [6.07, 6.45) is -0.245. The van der Waals surface area contributed by atoms with Gasteiger partial charge < -0.3 is 20.3 Å². The number of alkyl halides is 1. The molecule has 1 aliphatic rings. The Morgan fingerprint density at radius 3 is 2.94 bits per heavy atom. The average molecular weight is 241 g/mol. The van der Waals surface area contributed by atoms with Gasteiger partial charge in [0.2, 0.25) is 6.79 Å². The molecule has 1 heterocycles. The maximum atomic E-state index is 12.6. The second kappa shape index (κ2) is 4.58. The Labute approximate surface area is 96.9 Å². The van der Waals surface area contributed by atoms with Crippen molar-refractivity contribution in [3.05, 3.63) is 23.3 Å². The number of nitrogens with two attached hydrogens (primary N) is 1. The zero-order chi connectivity index (χ0) is 12.4. The van der Waals surface area contributed by atoms with E-state index >= 15 is 0 Å². The predicted molar refractivity (Wildman–Crippen MR) is 56.6 cm³/mol. The average Bonchev–Trinajstić information content (AvgIpc) is 2.74. The van der Waals surface area contributed by atoms with Crippen LogP contribution in [0.3, 0.4) is 0 Å². The Bertz CT molecular complexity index is 449. The quantitative estimate of drug-likeness (QED) is 0.831. The van der Waals surface area contributed by atoms with Gasteiger partial charge in [-0.1, -0.05) is 0 Å². The van der Waals surface area contributed by atoms with Crippen LogP contribution in [0.2, 0.25) is 0 Å². The minimum Gasteiger partial charge on any atom is -0.481 e. The van der Waals surface area contributed by atoms with Crippen molar-refractivity contribution in [1.29, 1.82) is 0 Å². The van der Waals surface area contributed by atoms with Crippen LogP contribution in [0.1, 0.15) is 23.6 Å². The molecule has 0 amide bonds. The smallest absolute Gasteiger partial charge is 0.305 e. The third-order valence-electron chi connectivity index (χ3n) is 2.51. The molecule has 92 valence electrons. The van der Waals surface area contributed by atoms with E-state index in [9.17, 15) is 9.18 Å². The molecule has 1 aromatic carbocycles. The fraction of sp³-hybridized carbons (Fsp3) is 0.364. The monoisotopic (exact) mass is 241 g/mol. The molecule has 17 heavy (non-hydrogen) atoms. The van der Waals surface area contributed by atoms with Gasteiger partial charge in [-0.3, -0.25) is 4.79 Å². The molecule has 0 spiro atoms. The molecular formula is C11H12FNO4.